The third-order valence-corrected chi connectivity index (χ3v) is 5.26. The second kappa shape index (κ2) is 9.91. The van der Waals surface area contributed by atoms with Crippen LogP contribution in [0.3, 0.4) is 0 Å². The summed E-state index contributed by atoms with van der Waals surface area (Å²) in [6, 6.07) is 5.33. The van der Waals surface area contributed by atoms with Crippen LogP contribution in [-0.4, -0.2) is 33.9 Å². The van der Waals surface area contributed by atoms with Gasteiger partial charge >= 0.3 is 5.97 Å². The fourth-order valence-electron chi connectivity index (χ4n) is 3.22. The first-order chi connectivity index (χ1) is 14.1. The van der Waals surface area contributed by atoms with Crippen LogP contribution in [0.5, 0.6) is 5.75 Å². The fraction of sp³-hybridized carbons (Fsp3) is 0.476. The van der Waals surface area contributed by atoms with Crippen molar-refractivity contribution in [2.75, 3.05) is 18.5 Å². The molecule has 2 aromatic rings. The maximum Gasteiger partial charge on any atom is 0.338 e. The van der Waals surface area contributed by atoms with E-state index in [0.29, 0.717) is 30.4 Å². The Bertz CT molecular complexity index is 894. The Hall–Kier alpha value is -2.35. The zero-order valence-corrected chi connectivity index (χ0v) is 18.7. The number of hydrogen-bond acceptors (Lipinski definition) is 6. The molecule has 1 aromatic heterocycles. The quantitative estimate of drug-likeness (QED) is 0.423. The van der Waals surface area contributed by atoms with E-state index in [4.69, 9.17) is 9.47 Å². The number of aromatic nitrogens is 3. The number of anilines is 1. The molecule has 0 spiro atoms. The summed E-state index contributed by atoms with van der Waals surface area (Å²) in [5.41, 5.74) is 2.06. The van der Waals surface area contributed by atoms with Crippen LogP contribution in [0.15, 0.2) is 40.3 Å². The lowest BCUT2D eigenvalue weighted by molar-refractivity contribution is -0.139. The van der Waals surface area contributed by atoms with E-state index in [2.05, 4.69) is 45.2 Å². The number of allylic oxidation sites excluding steroid dienone is 1. The van der Waals surface area contributed by atoms with Crippen LogP contribution in [0.2, 0.25) is 0 Å². The Balaban J connectivity index is 2.04. The van der Waals surface area contributed by atoms with Gasteiger partial charge in [0.05, 0.1) is 18.8 Å². The number of carbonyl (C=O) groups is 1. The fourth-order valence-corrected chi connectivity index (χ4v) is 3.60. The number of fused-ring (bicyclic) bond motifs is 1. The first kappa shape index (κ1) is 21.4. The van der Waals surface area contributed by atoms with Gasteiger partial charge in [0.25, 0.3) is 0 Å². The van der Waals surface area contributed by atoms with Crippen molar-refractivity contribution in [3.8, 4) is 5.75 Å². The number of hydrogen-bond donors (Lipinski definition) is 1. The van der Waals surface area contributed by atoms with Crippen molar-refractivity contribution in [2.45, 2.75) is 52.5 Å². The summed E-state index contributed by atoms with van der Waals surface area (Å²) in [4.78, 5) is 17.3. The largest absolute Gasteiger partial charge is 0.493 e. The van der Waals surface area contributed by atoms with Crippen molar-refractivity contribution in [1.82, 2.24) is 14.8 Å². The van der Waals surface area contributed by atoms with Gasteiger partial charge in [-0.05, 0) is 38.0 Å². The molecule has 0 fully saturated rings. The number of nitrogens with zero attached hydrogens (tertiary/aromatic N) is 3. The molecule has 29 heavy (non-hydrogen) atoms. The van der Waals surface area contributed by atoms with Gasteiger partial charge in [-0.15, -0.1) is 0 Å². The van der Waals surface area contributed by atoms with Gasteiger partial charge in [0, 0.05) is 15.7 Å². The van der Waals surface area contributed by atoms with Crippen molar-refractivity contribution in [1.29, 1.82) is 0 Å². The van der Waals surface area contributed by atoms with E-state index in [0.717, 1.165) is 41.5 Å². The third-order valence-electron chi connectivity index (χ3n) is 4.77. The number of carbonyl (C=O) groups excluding carboxylic acids is 1. The van der Waals surface area contributed by atoms with Gasteiger partial charge in [0.2, 0.25) is 5.95 Å². The number of unbranched alkanes of at least 4 members (excludes halogenated alkanes) is 2. The summed E-state index contributed by atoms with van der Waals surface area (Å²) in [7, 11) is 0. The molecule has 1 aliphatic heterocycles. The van der Waals surface area contributed by atoms with Crippen molar-refractivity contribution in [3.05, 3.63) is 45.8 Å². The third kappa shape index (κ3) is 4.80. The van der Waals surface area contributed by atoms with Crippen LogP contribution in [-0.2, 0) is 9.53 Å². The number of nitrogens with one attached hydrogen (secondary N) is 1. The van der Waals surface area contributed by atoms with Crippen molar-refractivity contribution in [3.63, 3.8) is 0 Å². The zero-order chi connectivity index (χ0) is 20.8. The molecule has 0 saturated heterocycles. The van der Waals surface area contributed by atoms with Crippen LogP contribution in [0.25, 0.3) is 0 Å². The number of rotatable bonds is 9. The number of halogens is 1. The summed E-state index contributed by atoms with van der Waals surface area (Å²) >= 11 is 3.55. The molecule has 1 aliphatic rings. The van der Waals surface area contributed by atoms with E-state index in [1.165, 1.54) is 6.33 Å². The van der Waals surface area contributed by atoms with E-state index in [9.17, 15) is 4.79 Å². The second-order valence-corrected chi connectivity index (χ2v) is 7.88. The molecule has 1 atom stereocenters. The molecule has 1 N–H and O–H groups in total. The van der Waals surface area contributed by atoms with Crippen molar-refractivity contribution in [2.24, 2.45) is 0 Å². The first-order valence-corrected chi connectivity index (χ1v) is 10.8. The predicted octanol–water partition coefficient (Wildman–Crippen LogP) is 4.85. The smallest absolute Gasteiger partial charge is 0.338 e. The maximum atomic E-state index is 13.0. The van der Waals surface area contributed by atoms with E-state index < -0.39 is 6.04 Å². The predicted molar refractivity (Wildman–Crippen MR) is 115 cm³/mol. The minimum absolute atomic E-state index is 0.353. The summed E-state index contributed by atoms with van der Waals surface area (Å²) < 4.78 is 14.2. The summed E-state index contributed by atoms with van der Waals surface area (Å²) in [5, 5.41) is 7.54. The Kier molecular flexibility index (Phi) is 7.30. The lowest BCUT2D eigenvalue weighted by atomic mass is 9.95. The van der Waals surface area contributed by atoms with E-state index >= 15 is 0 Å². The van der Waals surface area contributed by atoms with Crippen molar-refractivity contribution >= 4 is 27.8 Å². The molecule has 1 unspecified atom stereocenters. The Morgan fingerprint density at radius 2 is 2.00 bits per heavy atom. The Labute approximate surface area is 179 Å². The van der Waals surface area contributed by atoms with Gasteiger partial charge in [-0.25, -0.2) is 9.48 Å². The molecule has 0 aliphatic carbocycles. The molecule has 0 bridgehead atoms. The summed E-state index contributed by atoms with van der Waals surface area (Å²) in [6.07, 6.45) is 5.26. The average molecular weight is 463 g/mol. The summed E-state index contributed by atoms with van der Waals surface area (Å²) in [6.45, 7) is 7.04. The minimum Gasteiger partial charge on any atom is -0.493 e. The molecule has 1 aromatic carbocycles. The Morgan fingerprint density at radius 3 is 2.76 bits per heavy atom. The molecular weight excluding hydrogens is 436 g/mol. The Morgan fingerprint density at radius 1 is 1.24 bits per heavy atom. The van der Waals surface area contributed by atoms with Crippen LogP contribution in [0.1, 0.15) is 58.1 Å². The van der Waals surface area contributed by atoms with E-state index in [-0.39, 0.29) is 5.97 Å². The SMILES string of the molecule is CCCCOC(=O)C1=C(C)Nc2ncnn2C1c1cc(Br)ccc1OCCCC. The highest BCUT2D eigenvalue weighted by atomic mass is 79.9. The second-order valence-electron chi connectivity index (χ2n) is 6.97. The van der Waals surface area contributed by atoms with Crippen LogP contribution in [0.4, 0.5) is 5.95 Å². The van der Waals surface area contributed by atoms with Gasteiger partial charge in [-0.1, -0.05) is 42.6 Å². The molecule has 2 heterocycles. The number of esters is 1. The highest BCUT2D eigenvalue weighted by molar-refractivity contribution is 9.10. The molecule has 7 nitrogen and oxygen atoms in total. The minimum atomic E-state index is -0.489. The number of benzene rings is 1. The van der Waals surface area contributed by atoms with E-state index in [1.54, 1.807) is 4.68 Å². The highest BCUT2D eigenvalue weighted by Gasteiger charge is 2.36. The molecular formula is C21H27BrN4O3. The van der Waals surface area contributed by atoms with Crippen LogP contribution >= 0.6 is 15.9 Å². The lowest BCUT2D eigenvalue weighted by Gasteiger charge is -2.29. The first-order valence-electron chi connectivity index (χ1n) is 10.0. The van der Waals surface area contributed by atoms with Gasteiger partial charge in [-0.2, -0.15) is 10.1 Å². The average Bonchev–Trinajstić information content (AvgIpc) is 3.16. The lowest BCUT2D eigenvalue weighted by Crippen LogP contribution is -2.30. The van der Waals surface area contributed by atoms with Gasteiger partial charge in [0.15, 0.2) is 0 Å². The topological polar surface area (TPSA) is 78.3 Å². The molecule has 8 heteroatoms. The maximum absolute atomic E-state index is 13.0. The zero-order valence-electron chi connectivity index (χ0n) is 17.1. The standard InChI is InChI=1S/C21H27BrN4O3/c1-4-6-10-28-17-9-8-15(22)12-16(17)19-18(20(27)29-11-7-5-2)14(3)25-21-23-13-24-26(19)21/h8-9,12-13,19H,4-7,10-11H2,1-3H3,(H,23,24,25). The monoisotopic (exact) mass is 462 g/mol. The van der Waals surface area contributed by atoms with Gasteiger partial charge < -0.3 is 14.8 Å². The number of ether oxygens (including phenoxy) is 2. The summed E-state index contributed by atoms with van der Waals surface area (Å²) in [5.74, 6) is 0.952. The molecule has 0 radical (unpaired) electrons. The molecule has 0 amide bonds. The highest BCUT2D eigenvalue weighted by Crippen LogP contribution is 2.40. The van der Waals surface area contributed by atoms with E-state index in [1.807, 2.05) is 25.1 Å². The molecule has 3 rings (SSSR count). The van der Waals surface area contributed by atoms with Crippen molar-refractivity contribution < 1.29 is 14.3 Å². The molecule has 156 valence electrons. The normalized spacial score (nSPS) is 15.7. The van der Waals surface area contributed by atoms with Crippen LogP contribution in [0, 0.1) is 0 Å². The van der Waals surface area contributed by atoms with Gasteiger partial charge in [-0.3, -0.25) is 0 Å². The van der Waals surface area contributed by atoms with Gasteiger partial charge in [0.1, 0.15) is 18.1 Å². The molecule has 0 saturated carbocycles. The van der Waals surface area contributed by atoms with Crippen LogP contribution < -0.4 is 10.1 Å².